The standard InChI is InChI=1S/C17H26N2/c1-4-5-6-7-8-9-10-16-18-15-12-13(2)11-14(3)17(15)19-16/h11-12H,4-10H2,1-3H3,(H,18,19). The zero-order valence-corrected chi connectivity index (χ0v) is 12.6. The molecule has 2 aromatic rings. The number of aromatic nitrogens is 2. The van der Waals surface area contributed by atoms with E-state index in [4.69, 9.17) is 4.98 Å². The van der Waals surface area contributed by atoms with Gasteiger partial charge in [0.1, 0.15) is 5.82 Å². The number of nitrogens with zero attached hydrogens (tertiary/aromatic N) is 1. The number of fused-ring (bicyclic) bond motifs is 1. The number of aromatic amines is 1. The van der Waals surface area contributed by atoms with Gasteiger partial charge in [0.05, 0.1) is 11.0 Å². The number of unbranched alkanes of at least 4 members (excludes halogenated alkanes) is 5. The molecule has 1 N–H and O–H groups in total. The maximum absolute atomic E-state index is 4.73. The molecule has 1 aromatic carbocycles. The van der Waals surface area contributed by atoms with Crippen molar-refractivity contribution >= 4 is 11.0 Å². The van der Waals surface area contributed by atoms with E-state index in [9.17, 15) is 0 Å². The van der Waals surface area contributed by atoms with Gasteiger partial charge < -0.3 is 4.98 Å². The van der Waals surface area contributed by atoms with Gasteiger partial charge in [-0.3, -0.25) is 0 Å². The lowest BCUT2D eigenvalue weighted by Crippen LogP contribution is -1.88. The Hall–Kier alpha value is -1.31. The van der Waals surface area contributed by atoms with E-state index in [1.165, 1.54) is 55.2 Å². The first-order valence-corrected chi connectivity index (χ1v) is 7.66. The molecule has 19 heavy (non-hydrogen) atoms. The first kappa shape index (κ1) is 14.1. The lowest BCUT2D eigenvalue weighted by Gasteiger charge is -1.98. The molecule has 0 aliphatic heterocycles. The molecule has 1 heterocycles. The maximum atomic E-state index is 4.73. The molecule has 1 aromatic heterocycles. The number of aryl methyl sites for hydroxylation is 3. The average molecular weight is 258 g/mol. The van der Waals surface area contributed by atoms with Crippen LogP contribution in [0, 0.1) is 13.8 Å². The monoisotopic (exact) mass is 258 g/mol. The normalized spacial score (nSPS) is 11.3. The van der Waals surface area contributed by atoms with Crippen LogP contribution in [0.25, 0.3) is 11.0 Å². The van der Waals surface area contributed by atoms with E-state index >= 15 is 0 Å². The lowest BCUT2D eigenvalue weighted by atomic mass is 10.1. The molecule has 0 aliphatic carbocycles. The number of benzene rings is 1. The Labute approximate surface area is 116 Å². The minimum Gasteiger partial charge on any atom is -0.342 e. The highest BCUT2D eigenvalue weighted by Gasteiger charge is 2.05. The highest BCUT2D eigenvalue weighted by molar-refractivity contribution is 5.79. The number of hydrogen-bond acceptors (Lipinski definition) is 1. The van der Waals surface area contributed by atoms with Gasteiger partial charge in [-0.15, -0.1) is 0 Å². The predicted molar refractivity (Wildman–Crippen MR) is 82.6 cm³/mol. The van der Waals surface area contributed by atoms with Crippen molar-refractivity contribution in [1.82, 2.24) is 9.97 Å². The van der Waals surface area contributed by atoms with E-state index in [1.807, 2.05) is 0 Å². The first-order valence-electron chi connectivity index (χ1n) is 7.66. The van der Waals surface area contributed by atoms with E-state index < -0.39 is 0 Å². The number of rotatable bonds is 7. The fraction of sp³-hybridized carbons (Fsp3) is 0.588. The molecule has 0 radical (unpaired) electrons. The van der Waals surface area contributed by atoms with Crippen molar-refractivity contribution in [2.75, 3.05) is 0 Å². The van der Waals surface area contributed by atoms with Gasteiger partial charge in [-0.1, -0.05) is 45.1 Å². The molecule has 0 fully saturated rings. The quantitative estimate of drug-likeness (QED) is 0.689. The zero-order chi connectivity index (χ0) is 13.7. The van der Waals surface area contributed by atoms with E-state index in [-0.39, 0.29) is 0 Å². The molecule has 0 aliphatic rings. The van der Waals surface area contributed by atoms with Crippen molar-refractivity contribution in [3.8, 4) is 0 Å². The Balaban J connectivity index is 1.89. The summed E-state index contributed by atoms with van der Waals surface area (Å²) in [6.45, 7) is 6.55. The summed E-state index contributed by atoms with van der Waals surface area (Å²) in [5.41, 5.74) is 4.92. The highest BCUT2D eigenvalue weighted by atomic mass is 14.9. The Bertz CT molecular complexity index is 525. The Morgan fingerprint density at radius 3 is 2.53 bits per heavy atom. The third-order valence-electron chi connectivity index (χ3n) is 3.74. The molecule has 0 unspecified atom stereocenters. The van der Waals surface area contributed by atoms with Gasteiger partial charge in [0, 0.05) is 6.42 Å². The molecule has 0 amide bonds. The van der Waals surface area contributed by atoms with Crippen molar-refractivity contribution in [1.29, 1.82) is 0 Å². The maximum Gasteiger partial charge on any atom is 0.107 e. The summed E-state index contributed by atoms with van der Waals surface area (Å²) < 4.78 is 0. The molecular formula is C17H26N2. The summed E-state index contributed by atoms with van der Waals surface area (Å²) in [6, 6.07) is 4.40. The fourth-order valence-electron chi connectivity index (χ4n) is 2.71. The Morgan fingerprint density at radius 2 is 1.74 bits per heavy atom. The van der Waals surface area contributed by atoms with Crippen LogP contribution < -0.4 is 0 Å². The fourth-order valence-corrected chi connectivity index (χ4v) is 2.71. The van der Waals surface area contributed by atoms with Crippen molar-refractivity contribution < 1.29 is 0 Å². The molecule has 0 saturated carbocycles. The number of imidazole rings is 1. The smallest absolute Gasteiger partial charge is 0.107 e. The van der Waals surface area contributed by atoms with E-state index in [0.717, 1.165) is 17.8 Å². The third-order valence-corrected chi connectivity index (χ3v) is 3.74. The van der Waals surface area contributed by atoms with Gasteiger partial charge in [0.2, 0.25) is 0 Å². The van der Waals surface area contributed by atoms with Gasteiger partial charge in [0.25, 0.3) is 0 Å². The van der Waals surface area contributed by atoms with E-state index in [1.54, 1.807) is 0 Å². The second-order valence-electron chi connectivity index (χ2n) is 5.68. The average Bonchev–Trinajstić information content (AvgIpc) is 2.76. The number of H-pyrrole nitrogens is 1. The van der Waals surface area contributed by atoms with Crippen molar-refractivity contribution in [2.45, 2.75) is 65.7 Å². The van der Waals surface area contributed by atoms with Crippen LogP contribution in [0.1, 0.15) is 62.4 Å². The van der Waals surface area contributed by atoms with Gasteiger partial charge >= 0.3 is 0 Å². The van der Waals surface area contributed by atoms with Gasteiger partial charge in [0.15, 0.2) is 0 Å². The van der Waals surface area contributed by atoms with E-state index in [2.05, 4.69) is 37.9 Å². The van der Waals surface area contributed by atoms with Crippen LogP contribution in [0.15, 0.2) is 12.1 Å². The second-order valence-corrected chi connectivity index (χ2v) is 5.68. The van der Waals surface area contributed by atoms with Crippen molar-refractivity contribution in [2.24, 2.45) is 0 Å². The highest BCUT2D eigenvalue weighted by Crippen LogP contribution is 2.19. The summed E-state index contributed by atoms with van der Waals surface area (Å²) in [7, 11) is 0. The summed E-state index contributed by atoms with van der Waals surface area (Å²) in [4.78, 5) is 8.20. The molecule has 2 rings (SSSR count). The van der Waals surface area contributed by atoms with Crippen LogP contribution in [0.3, 0.4) is 0 Å². The predicted octanol–water partition coefficient (Wildman–Crippen LogP) is 5.08. The summed E-state index contributed by atoms with van der Waals surface area (Å²) in [6.07, 6.45) is 9.11. The number of nitrogens with one attached hydrogen (secondary N) is 1. The second kappa shape index (κ2) is 6.74. The van der Waals surface area contributed by atoms with Gasteiger partial charge in [-0.05, 0) is 37.5 Å². The molecule has 2 nitrogen and oxygen atoms in total. The van der Waals surface area contributed by atoms with Gasteiger partial charge in [-0.25, -0.2) is 4.98 Å². The van der Waals surface area contributed by atoms with Crippen LogP contribution in [0.2, 0.25) is 0 Å². The SMILES string of the molecule is CCCCCCCCc1nc2c(C)cc(C)cc2[nH]1. The number of hydrogen-bond donors (Lipinski definition) is 1. The Kier molecular flexibility index (Phi) is 5.00. The van der Waals surface area contributed by atoms with Gasteiger partial charge in [-0.2, -0.15) is 0 Å². The minimum absolute atomic E-state index is 1.08. The molecule has 0 atom stereocenters. The lowest BCUT2D eigenvalue weighted by molar-refractivity contribution is 0.602. The molecular weight excluding hydrogens is 232 g/mol. The van der Waals surface area contributed by atoms with E-state index in [0.29, 0.717) is 0 Å². The zero-order valence-electron chi connectivity index (χ0n) is 12.6. The summed E-state index contributed by atoms with van der Waals surface area (Å²) in [5.74, 6) is 1.15. The molecule has 0 saturated heterocycles. The Morgan fingerprint density at radius 1 is 1.00 bits per heavy atom. The minimum atomic E-state index is 1.08. The molecule has 2 heteroatoms. The van der Waals surface area contributed by atoms with Crippen LogP contribution in [0.4, 0.5) is 0 Å². The first-order chi connectivity index (χ1) is 9.20. The largest absolute Gasteiger partial charge is 0.342 e. The van der Waals surface area contributed by atoms with Crippen LogP contribution in [-0.4, -0.2) is 9.97 Å². The van der Waals surface area contributed by atoms with Crippen LogP contribution in [-0.2, 0) is 6.42 Å². The van der Waals surface area contributed by atoms with Crippen LogP contribution >= 0.6 is 0 Å². The van der Waals surface area contributed by atoms with Crippen molar-refractivity contribution in [3.05, 3.63) is 29.1 Å². The summed E-state index contributed by atoms with van der Waals surface area (Å²) in [5, 5.41) is 0. The topological polar surface area (TPSA) is 28.7 Å². The summed E-state index contributed by atoms with van der Waals surface area (Å²) >= 11 is 0. The molecule has 0 bridgehead atoms. The third kappa shape index (κ3) is 3.82. The van der Waals surface area contributed by atoms with Crippen molar-refractivity contribution in [3.63, 3.8) is 0 Å². The molecule has 104 valence electrons. The molecule has 0 spiro atoms. The van der Waals surface area contributed by atoms with Crippen LogP contribution in [0.5, 0.6) is 0 Å².